The lowest BCUT2D eigenvalue weighted by Crippen LogP contribution is -2.55. The molecule has 7 nitrogen and oxygen atoms in total. The van der Waals surface area contributed by atoms with Crippen molar-refractivity contribution in [3.05, 3.63) is 80.3 Å². The summed E-state index contributed by atoms with van der Waals surface area (Å²) in [6.07, 6.45) is 2.37. The summed E-state index contributed by atoms with van der Waals surface area (Å²) in [7, 11) is 2.09. The molecule has 0 aromatic heterocycles. The molecule has 0 spiro atoms. The van der Waals surface area contributed by atoms with Gasteiger partial charge < -0.3 is 19.6 Å². The molecule has 4 atom stereocenters. The van der Waals surface area contributed by atoms with E-state index in [-0.39, 0.29) is 29.8 Å². The molecule has 234 valence electrons. The van der Waals surface area contributed by atoms with Gasteiger partial charge in [-0.15, -0.1) is 0 Å². The number of allylic oxidation sites excluding steroid dienone is 1. The van der Waals surface area contributed by atoms with E-state index in [4.69, 9.17) is 28.2 Å². The van der Waals surface area contributed by atoms with E-state index < -0.39 is 11.6 Å². The Balaban J connectivity index is 1.40. The first-order chi connectivity index (χ1) is 21.0. The minimum absolute atomic E-state index is 0.0363. The Hall–Kier alpha value is -2.52. The first kappa shape index (κ1) is 31.5. The van der Waals surface area contributed by atoms with Crippen molar-refractivity contribution in [2.24, 2.45) is 10.9 Å². The molecule has 0 aliphatic carbocycles. The molecule has 6 rings (SSSR count). The largest absolute Gasteiger partial charge is 0.338 e. The molecule has 0 saturated carbocycles. The summed E-state index contributed by atoms with van der Waals surface area (Å²) in [5, 5.41) is 2.15. The molecule has 0 N–H and O–H groups in total. The number of aliphatic imine (C=N–C) groups is 1. The third kappa shape index (κ3) is 5.46. The van der Waals surface area contributed by atoms with E-state index in [2.05, 4.69) is 56.7 Å². The van der Waals surface area contributed by atoms with Crippen LogP contribution < -0.4 is 0 Å². The van der Waals surface area contributed by atoms with Gasteiger partial charge in [0.05, 0.1) is 6.04 Å². The van der Waals surface area contributed by atoms with Crippen LogP contribution >= 0.6 is 35.0 Å². The number of amides is 2. The summed E-state index contributed by atoms with van der Waals surface area (Å²) >= 11 is 14.1. The number of thioether (sulfide) groups is 1. The van der Waals surface area contributed by atoms with Crippen molar-refractivity contribution in [1.29, 1.82) is 0 Å². The van der Waals surface area contributed by atoms with Crippen LogP contribution in [0.4, 0.5) is 0 Å². The lowest BCUT2D eigenvalue weighted by Gasteiger charge is -2.38. The van der Waals surface area contributed by atoms with Gasteiger partial charge in [-0.05, 0) is 86.3 Å². The molecule has 0 bridgehead atoms. The second-order valence-corrected chi connectivity index (χ2v) is 14.7. The summed E-state index contributed by atoms with van der Waals surface area (Å²) in [4.78, 5) is 43.0. The van der Waals surface area contributed by atoms with Gasteiger partial charge in [0.1, 0.15) is 16.5 Å². The molecule has 4 heterocycles. The molecule has 2 fully saturated rings. The fraction of sp³-hybridized carbons (Fsp3) is 0.500. The molecule has 2 amide bonds. The minimum Gasteiger partial charge on any atom is -0.338 e. The second kappa shape index (κ2) is 12.3. The van der Waals surface area contributed by atoms with Crippen LogP contribution in [0.3, 0.4) is 0 Å². The molecule has 2 saturated heterocycles. The Morgan fingerprint density at radius 3 is 2.18 bits per heavy atom. The van der Waals surface area contributed by atoms with Crippen LogP contribution in [0.1, 0.15) is 64.1 Å². The summed E-state index contributed by atoms with van der Waals surface area (Å²) in [6, 6.07) is 15.2. The van der Waals surface area contributed by atoms with Gasteiger partial charge in [-0.1, -0.05) is 68.2 Å². The predicted octanol–water partition coefficient (Wildman–Crippen LogP) is 6.78. The van der Waals surface area contributed by atoms with Crippen molar-refractivity contribution in [3.8, 4) is 0 Å². The molecule has 4 aliphatic rings. The Bertz CT molecular complexity index is 1490. The number of carbonyl (C=O) groups excluding carboxylic acids is 2. The smallest absolute Gasteiger partial charge is 0.263 e. The molecule has 0 unspecified atom stereocenters. The van der Waals surface area contributed by atoms with Gasteiger partial charge in [0.25, 0.3) is 5.91 Å². The van der Waals surface area contributed by atoms with E-state index in [0.717, 1.165) is 47.9 Å². The van der Waals surface area contributed by atoms with Gasteiger partial charge in [-0.25, -0.2) is 4.99 Å². The van der Waals surface area contributed by atoms with Gasteiger partial charge in [0, 0.05) is 48.0 Å². The first-order valence-electron chi connectivity index (χ1n) is 15.7. The van der Waals surface area contributed by atoms with Crippen LogP contribution in [0.2, 0.25) is 10.0 Å². The van der Waals surface area contributed by atoms with E-state index in [1.54, 1.807) is 0 Å². The number of likely N-dealkylation sites (tertiary alicyclic amines) is 1. The Morgan fingerprint density at radius 1 is 0.977 bits per heavy atom. The third-order valence-electron chi connectivity index (χ3n) is 9.67. The summed E-state index contributed by atoms with van der Waals surface area (Å²) in [5.41, 5.74) is 2.44. The van der Waals surface area contributed by atoms with E-state index in [1.165, 1.54) is 11.8 Å². The van der Waals surface area contributed by atoms with Crippen LogP contribution in [0, 0.1) is 5.92 Å². The topological polar surface area (TPSA) is 59.5 Å². The quantitative estimate of drug-likeness (QED) is 0.344. The van der Waals surface area contributed by atoms with Gasteiger partial charge in [-0.3, -0.25) is 9.59 Å². The van der Waals surface area contributed by atoms with Gasteiger partial charge in [-0.2, -0.15) is 0 Å². The Labute approximate surface area is 275 Å². The molecule has 10 heteroatoms. The number of likely N-dealkylation sites (N-methyl/N-ethyl adjacent to an activating group) is 1. The summed E-state index contributed by atoms with van der Waals surface area (Å²) in [5.74, 6) is 0.0888. The SMILES string of the molecule is CC[C@@H]1CC[C@@H](C(=O)N2CCN(C)CC2)N1C(=O)C1=C(C(C)C)N2C(=N[C@@](C)(c3ccc(Cl)cc3)[C@H]2c2ccc(Cl)cc2)S1. The number of hydrogen-bond donors (Lipinski definition) is 0. The van der Waals surface area contributed by atoms with Crippen molar-refractivity contribution >= 4 is 51.9 Å². The second-order valence-electron chi connectivity index (χ2n) is 12.8. The van der Waals surface area contributed by atoms with Crippen LogP contribution in [-0.2, 0) is 15.1 Å². The predicted molar refractivity (Wildman–Crippen MR) is 180 cm³/mol. The van der Waals surface area contributed by atoms with Gasteiger partial charge in [0.2, 0.25) is 5.91 Å². The summed E-state index contributed by atoms with van der Waals surface area (Å²) in [6.45, 7) is 11.7. The number of amidine groups is 1. The molecular formula is C34H41Cl2N5O2S. The van der Waals surface area contributed by atoms with Crippen LogP contribution in [0.5, 0.6) is 0 Å². The van der Waals surface area contributed by atoms with E-state index in [1.807, 2.05) is 46.2 Å². The molecule has 2 aromatic rings. The standard InChI is InChI=1S/C34H41Cl2N5O2S/c1-6-26-15-16-27(31(42)39-19-17-38(5)18-20-39)40(26)32(43)29-28(21(2)3)41-30(22-7-11-24(35)12-8-22)34(4,37-33(41)44-29)23-9-13-25(36)14-10-23/h7-14,21,26-27,30H,6,15-20H2,1-5H3/t26-,27+,30-,34+/m1/s1. The van der Waals surface area contributed by atoms with E-state index in [9.17, 15) is 9.59 Å². The lowest BCUT2D eigenvalue weighted by molar-refractivity contribution is -0.144. The number of rotatable bonds is 6. The fourth-order valence-corrected chi connectivity index (χ4v) is 8.86. The molecule has 2 aromatic carbocycles. The summed E-state index contributed by atoms with van der Waals surface area (Å²) < 4.78 is 0. The normalized spacial score (nSPS) is 27.4. The number of halogens is 2. The van der Waals surface area contributed by atoms with Crippen LogP contribution in [0.25, 0.3) is 0 Å². The highest BCUT2D eigenvalue weighted by Gasteiger charge is 2.54. The zero-order valence-corrected chi connectivity index (χ0v) is 28.4. The van der Waals surface area contributed by atoms with E-state index in [0.29, 0.717) is 34.5 Å². The molecule has 0 radical (unpaired) electrons. The molecule has 44 heavy (non-hydrogen) atoms. The monoisotopic (exact) mass is 653 g/mol. The maximum absolute atomic E-state index is 14.7. The number of carbonyl (C=O) groups is 2. The zero-order chi connectivity index (χ0) is 31.3. The lowest BCUT2D eigenvalue weighted by atomic mass is 9.81. The first-order valence-corrected chi connectivity index (χ1v) is 17.2. The van der Waals surface area contributed by atoms with Crippen molar-refractivity contribution < 1.29 is 9.59 Å². The molecular weight excluding hydrogens is 613 g/mol. The Kier molecular flexibility index (Phi) is 8.83. The fourth-order valence-electron chi connectivity index (χ4n) is 7.25. The highest BCUT2D eigenvalue weighted by Crippen LogP contribution is 2.56. The van der Waals surface area contributed by atoms with Crippen molar-refractivity contribution in [2.75, 3.05) is 33.2 Å². The number of benzene rings is 2. The van der Waals surface area contributed by atoms with Gasteiger partial charge >= 0.3 is 0 Å². The minimum atomic E-state index is -0.630. The maximum Gasteiger partial charge on any atom is 0.263 e. The number of fused-ring (bicyclic) bond motifs is 1. The van der Waals surface area contributed by atoms with Crippen molar-refractivity contribution in [3.63, 3.8) is 0 Å². The number of hydrogen-bond acceptors (Lipinski definition) is 6. The van der Waals surface area contributed by atoms with Crippen LogP contribution in [-0.4, -0.2) is 81.9 Å². The molecule has 4 aliphatic heterocycles. The average Bonchev–Trinajstić information content (AvgIpc) is 3.68. The van der Waals surface area contributed by atoms with Crippen LogP contribution in [0.15, 0.2) is 64.1 Å². The van der Waals surface area contributed by atoms with Gasteiger partial charge in [0.15, 0.2) is 5.17 Å². The maximum atomic E-state index is 14.7. The number of piperazine rings is 1. The van der Waals surface area contributed by atoms with E-state index >= 15 is 0 Å². The highest BCUT2D eigenvalue weighted by molar-refractivity contribution is 8.18. The van der Waals surface area contributed by atoms with Crippen molar-refractivity contribution in [1.82, 2.24) is 19.6 Å². The van der Waals surface area contributed by atoms with Crippen molar-refractivity contribution in [2.45, 2.75) is 70.6 Å². The average molecular weight is 655 g/mol. The number of nitrogens with zero attached hydrogens (tertiary/aromatic N) is 5. The zero-order valence-electron chi connectivity index (χ0n) is 26.1. The highest BCUT2D eigenvalue weighted by atomic mass is 35.5. The Morgan fingerprint density at radius 2 is 1.59 bits per heavy atom. The third-order valence-corrected chi connectivity index (χ3v) is 11.2.